The first-order chi connectivity index (χ1) is 5.65. The molecule has 4 unspecified atom stereocenters. The van der Waals surface area contributed by atoms with Gasteiger partial charge in [0.15, 0.2) is 0 Å². The maximum atomic E-state index is 9.84. The largest absolute Gasteiger partial charge is 0.393 e. The van der Waals surface area contributed by atoms with E-state index in [0.29, 0.717) is 5.92 Å². The van der Waals surface area contributed by atoms with Gasteiger partial charge in [-0.25, -0.2) is 0 Å². The lowest BCUT2D eigenvalue weighted by atomic mass is 9.72. The van der Waals surface area contributed by atoms with Crippen molar-refractivity contribution in [1.29, 1.82) is 0 Å². The maximum absolute atomic E-state index is 9.84. The van der Waals surface area contributed by atoms with E-state index in [4.69, 9.17) is 0 Å². The minimum Gasteiger partial charge on any atom is -0.393 e. The van der Waals surface area contributed by atoms with Gasteiger partial charge in [0, 0.05) is 0 Å². The molecule has 0 heterocycles. The van der Waals surface area contributed by atoms with Gasteiger partial charge in [-0.2, -0.15) is 0 Å². The number of hydrogen-bond acceptors (Lipinski definition) is 1. The van der Waals surface area contributed by atoms with Crippen LogP contribution < -0.4 is 0 Å². The molecule has 1 fully saturated rings. The van der Waals surface area contributed by atoms with Crippen LogP contribution in [0.4, 0.5) is 0 Å². The molecule has 1 aliphatic rings. The highest BCUT2D eigenvalue weighted by Gasteiger charge is 2.31. The summed E-state index contributed by atoms with van der Waals surface area (Å²) in [5, 5.41) is 9.84. The third kappa shape index (κ3) is 2.22. The summed E-state index contributed by atoms with van der Waals surface area (Å²) in [5.41, 5.74) is 0. The second kappa shape index (κ2) is 4.27. The van der Waals surface area contributed by atoms with E-state index >= 15 is 0 Å². The van der Waals surface area contributed by atoms with Crippen LogP contribution in [-0.2, 0) is 0 Å². The van der Waals surface area contributed by atoms with Crippen molar-refractivity contribution < 1.29 is 5.11 Å². The average Bonchev–Trinajstić information content (AvgIpc) is 1.96. The number of hydrogen-bond donors (Lipinski definition) is 1. The molecule has 1 rings (SSSR count). The van der Waals surface area contributed by atoms with Gasteiger partial charge in [0.05, 0.1) is 6.10 Å². The second-order valence-corrected chi connectivity index (χ2v) is 4.57. The fourth-order valence-corrected chi connectivity index (χ4v) is 2.68. The van der Waals surface area contributed by atoms with Crippen LogP contribution in [0.5, 0.6) is 0 Å². The van der Waals surface area contributed by atoms with Gasteiger partial charge in [-0.3, -0.25) is 0 Å². The lowest BCUT2D eigenvalue weighted by Crippen LogP contribution is -2.34. The molecule has 1 nitrogen and oxygen atoms in total. The first-order valence-electron chi connectivity index (χ1n) is 5.33. The topological polar surface area (TPSA) is 20.2 Å². The quantitative estimate of drug-likeness (QED) is 0.675. The van der Waals surface area contributed by atoms with Crippen molar-refractivity contribution in [2.24, 2.45) is 17.8 Å². The lowest BCUT2D eigenvalue weighted by molar-refractivity contribution is 0.0119. The van der Waals surface area contributed by atoms with E-state index in [1.165, 1.54) is 19.3 Å². The molecule has 0 aromatic heterocycles. The van der Waals surface area contributed by atoms with E-state index in [1.54, 1.807) is 0 Å². The zero-order valence-corrected chi connectivity index (χ0v) is 8.59. The summed E-state index contributed by atoms with van der Waals surface area (Å²) < 4.78 is 0. The Morgan fingerprint density at radius 3 is 2.42 bits per heavy atom. The van der Waals surface area contributed by atoms with Gasteiger partial charge in [0.2, 0.25) is 0 Å². The van der Waals surface area contributed by atoms with E-state index in [9.17, 15) is 5.11 Å². The van der Waals surface area contributed by atoms with E-state index in [2.05, 4.69) is 20.8 Å². The highest BCUT2D eigenvalue weighted by molar-refractivity contribution is 4.82. The van der Waals surface area contributed by atoms with Crippen LogP contribution in [0.25, 0.3) is 0 Å². The molecule has 0 aromatic rings. The molecule has 0 bridgehead atoms. The number of aliphatic hydroxyl groups excluding tert-OH is 1. The smallest absolute Gasteiger partial charge is 0.0573 e. The minimum absolute atomic E-state index is 0.0244. The molecule has 1 N–H and O–H groups in total. The van der Waals surface area contributed by atoms with Gasteiger partial charge in [-0.15, -0.1) is 0 Å². The van der Waals surface area contributed by atoms with Gasteiger partial charge < -0.3 is 5.11 Å². The van der Waals surface area contributed by atoms with Crippen molar-refractivity contribution in [2.45, 2.75) is 52.6 Å². The molecule has 12 heavy (non-hydrogen) atoms. The molecule has 0 aliphatic heterocycles. The molecular formula is C11H22O. The minimum atomic E-state index is -0.0244. The molecule has 0 spiro atoms. The summed E-state index contributed by atoms with van der Waals surface area (Å²) in [7, 11) is 0. The Balaban J connectivity index is 2.48. The first-order valence-corrected chi connectivity index (χ1v) is 5.33. The van der Waals surface area contributed by atoms with Gasteiger partial charge in [0.25, 0.3) is 0 Å². The Kier molecular flexibility index (Phi) is 3.57. The average molecular weight is 170 g/mol. The fourth-order valence-electron chi connectivity index (χ4n) is 2.68. The summed E-state index contributed by atoms with van der Waals surface area (Å²) in [4.78, 5) is 0. The van der Waals surface area contributed by atoms with Crippen LogP contribution in [0, 0.1) is 17.8 Å². The molecule has 0 radical (unpaired) electrons. The summed E-state index contributed by atoms with van der Waals surface area (Å²) in [6, 6.07) is 0. The Bertz CT molecular complexity index is 121. The zero-order valence-electron chi connectivity index (χ0n) is 8.59. The Morgan fingerprint density at radius 1 is 1.25 bits per heavy atom. The Hall–Kier alpha value is -0.0400. The Labute approximate surface area is 76.2 Å². The van der Waals surface area contributed by atoms with E-state index < -0.39 is 0 Å². The van der Waals surface area contributed by atoms with Gasteiger partial charge in [0.1, 0.15) is 0 Å². The molecular weight excluding hydrogens is 148 g/mol. The summed E-state index contributed by atoms with van der Waals surface area (Å²) in [6.45, 7) is 6.75. The van der Waals surface area contributed by atoms with E-state index in [1.807, 2.05) is 0 Å². The van der Waals surface area contributed by atoms with Crippen molar-refractivity contribution in [3.63, 3.8) is 0 Å². The van der Waals surface area contributed by atoms with Crippen molar-refractivity contribution in [3.05, 3.63) is 0 Å². The number of rotatable bonds is 2. The monoisotopic (exact) mass is 170 g/mol. The van der Waals surface area contributed by atoms with Crippen molar-refractivity contribution in [2.75, 3.05) is 0 Å². The normalized spacial score (nSPS) is 43.0. The molecule has 1 aliphatic carbocycles. The molecule has 1 saturated carbocycles. The van der Waals surface area contributed by atoms with Crippen LogP contribution >= 0.6 is 0 Å². The molecule has 0 saturated heterocycles. The maximum Gasteiger partial charge on any atom is 0.0573 e. The zero-order chi connectivity index (χ0) is 9.14. The SMILES string of the molecule is CCCC1C(C)CC(C)CC1O. The summed E-state index contributed by atoms with van der Waals surface area (Å²) in [6.07, 6.45) is 4.72. The van der Waals surface area contributed by atoms with Crippen LogP contribution in [0.2, 0.25) is 0 Å². The van der Waals surface area contributed by atoms with Gasteiger partial charge in [-0.05, 0) is 37.0 Å². The van der Waals surface area contributed by atoms with Crippen LogP contribution in [0.3, 0.4) is 0 Å². The van der Waals surface area contributed by atoms with Crippen molar-refractivity contribution >= 4 is 0 Å². The van der Waals surface area contributed by atoms with E-state index in [0.717, 1.165) is 18.3 Å². The predicted octanol–water partition coefficient (Wildman–Crippen LogP) is 2.83. The summed E-state index contributed by atoms with van der Waals surface area (Å²) >= 11 is 0. The van der Waals surface area contributed by atoms with Crippen molar-refractivity contribution in [1.82, 2.24) is 0 Å². The second-order valence-electron chi connectivity index (χ2n) is 4.57. The molecule has 1 heteroatoms. The van der Waals surface area contributed by atoms with Gasteiger partial charge in [-0.1, -0.05) is 27.2 Å². The molecule has 4 atom stereocenters. The van der Waals surface area contributed by atoms with Crippen molar-refractivity contribution in [3.8, 4) is 0 Å². The van der Waals surface area contributed by atoms with E-state index in [-0.39, 0.29) is 6.10 Å². The van der Waals surface area contributed by atoms with Crippen LogP contribution in [0.1, 0.15) is 46.5 Å². The first kappa shape index (κ1) is 10.0. The molecule has 72 valence electrons. The van der Waals surface area contributed by atoms with Crippen LogP contribution in [0.15, 0.2) is 0 Å². The highest BCUT2D eigenvalue weighted by Crippen LogP contribution is 2.36. The highest BCUT2D eigenvalue weighted by atomic mass is 16.3. The predicted molar refractivity (Wildman–Crippen MR) is 52.0 cm³/mol. The lowest BCUT2D eigenvalue weighted by Gasteiger charge is -2.36. The number of aliphatic hydroxyl groups is 1. The Morgan fingerprint density at radius 2 is 1.92 bits per heavy atom. The van der Waals surface area contributed by atoms with Gasteiger partial charge >= 0.3 is 0 Å². The standard InChI is InChI=1S/C11H22O/c1-4-5-10-9(3)6-8(2)7-11(10)12/h8-12H,4-7H2,1-3H3. The summed E-state index contributed by atoms with van der Waals surface area (Å²) in [5.74, 6) is 2.03. The molecule has 0 amide bonds. The third-order valence-corrected chi connectivity index (χ3v) is 3.27. The molecule has 0 aromatic carbocycles. The fraction of sp³-hybridized carbons (Fsp3) is 1.00. The third-order valence-electron chi connectivity index (χ3n) is 3.27. The van der Waals surface area contributed by atoms with Crippen LogP contribution in [-0.4, -0.2) is 11.2 Å².